The molecular formula is C16H25NO3. The first kappa shape index (κ1) is 16.5. The van der Waals surface area contributed by atoms with Gasteiger partial charge in [0, 0.05) is 25.8 Å². The van der Waals surface area contributed by atoms with Gasteiger partial charge in [0.2, 0.25) is 0 Å². The molecule has 0 spiro atoms. The molecule has 0 unspecified atom stereocenters. The van der Waals surface area contributed by atoms with E-state index in [1.807, 2.05) is 26.0 Å². The largest absolute Gasteiger partial charge is 0.491 e. The van der Waals surface area contributed by atoms with E-state index in [1.54, 1.807) is 24.1 Å². The standard InChI is InChI=1S/C16H25NO3/c1-13(2)20-15-9-7-8-14(12-15)16(19)17(3)10-5-4-6-11-18/h7-9,12-13,18H,4-6,10-11H2,1-3H3. The smallest absolute Gasteiger partial charge is 0.253 e. The van der Waals surface area contributed by atoms with Crippen LogP contribution in [-0.4, -0.2) is 42.2 Å². The van der Waals surface area contributed by atoms with Crippen molar-refractivity contribution in [1.82, 2.24) is 4.90 Å². The van der Waals surface area contributed by atoms with Crippen LogP contribution in [0.25, 0.3) is 0 Å². The normalized spacial score (nSPS) is 10.7. The molecule has 0 aliphatic heterocycles. The van der Waals surface area contributed by atoms with Gasteiger partial charge in [0.05, 0.1) is 6.10 Å². The Hall–Kier alpha value is -1.55. The molecule has 0 saturated carbocycles. The van der Waals surface area contributed by atoms with Crippen molar-refractivity contribution < 1.29 is 14.6 Å². The number of aliphatic hydroxyl groups excluding tert-OH is 1. The minimum absolute atomic E-state index is 0.00297. The number of nitrogens with zero attached hydrogens (tertiary/aromatic N) is 1. The van der Waals surface area contributed by atoms with Gasteiger partial charge in [-0.25, -0.2) is 0 Å². The van der Waals surface area contributed by atoms with Crippen molar-refractivity contribution >= 4 is 5.91 Å². The Balaban J connectivity index is 2.57. The third kappa shape index (κ3) is 5.61. The van der Waals surface area contributed by atoms with E-state index < -0.39 is 0 Å². The third-order valence-electron chi connectivity index (χ3n) is 2.95. The van der Waals surface area contributed by atoms with Crippen molar-refractivity contribution in [3.63, 3.8) is 0 Å². The Morgan fingerprint density at radius 1 is 1.30 bits per heavy atom. The second-order valence-corrected chi connectivity index (χ2v) is 5.21. The van der Waals surface area contributed by atoms with Crippen molar-refractivity contribution in [2.75, 3.05) is 20.2 Å². The van der Waals surface area contributed by atoms with E-state index in [4.69, 9.17) is 9.84 Å². The summed E-state index contributed by atoms with van der Waals surface area (Å²) in [4.78, 5) is 14.0. The molecule has 0 fully saturated rings. The summed E-state index contributed by atoms with van der Waals surface area (Å²) in [6, 6.07) is 7.29. The van der Waals surface area contributed by atoms with Crippen LogP contribution in [0.2, 0.25) is 0 Å². The zero-order valence-electron chi connectivity index (χ0n) is 12.6. The fourth-order valence-corrected chi connectivity index (χ4v) is 1.93. The highest BCUT2D eigenvalue weighted by Gasteiger charge is 2.12. The summed E-state index contributed by atoms with van der Waals surface area (Å²) >= 11 is 0. The van der Waals surface area contributed by atoms with Crippen LogP contribution in [0.1, 0.15) is 43.5 Å². The minimum Gasteiger partial charge on any atom is -0.491 e. The van der Waals surface area contributed by atoms with Gasteiger partial charge in [-0.2, -0.15) is 0 Å². The van der Waals surface area contributed by atoms with Gasteiger partial charge < -0.3 is 14.7 Å². The van der Waals surface area contributed by atoms with Crippen LogP contribution in [-0.2, 0) is 0 Å². The summed E-state index contributed by atoms with van der Waals surface area (Å²) in [5.74, 6) is 0.725. The minimum atomic E-state index is 0.00297. The monoisotopic (exact) mass is 279 g/mol. The number of hydrogen-bond donors (Lipinski definition) is 1. The molecule has 0 atom stereocenters. The van der Waals surface area contributed by atoms with Crippen molar-refractivity contribution in [3.8, 4) is 5.75 Å². The van der Waals surface area contributed by atoms with Crippen LogP contribution >= 0.6 is 0 Å². The van der Waals surface area contributed by atoms with Gasteiger partial charge in [-0.3, -0.25) is 4.79 Å². The number of carbonyl (C=O) groups is 1. The highest BCUT2D eigenvalue weighted by molar-refractivity contribution is 5.94. The number of rotatable bonds is 8. The third-order valence-corrected chi connectivity index (χ3v) is 2.95. The maximum Gasteiger partial charge on any atom is 0.253 e. The lowest BCUT2D eigenvalue weighted by atomic mass is 10.1. The molecule has 1 aromatic carbocycles. The Morgan fingerprint density at radius 2 is 2.05 bits per heavy atom. The second-order valence-electron chi connectivity index (χ2n) is 5.21. The zero-order chi connectivity index (χ0) is 15.0. The molecule has 0 aliphatic carbocycles. The second kappa shape index (κ2) is 8.59. The first-order chi connectivity index (χ1) is 9.54. The van der Waals surface area contributed by atoms with Crippen molar-refractivity contribution in [2.45, 2.75) is 39.2 Å². The van der Waals surface area contributed by atoms with Gasteiger partial charge in [0.1, 0.15) is 5.75 Å². The molecule has 112 valence electrons. The molecule has 4 heteroatoms. The number of amides is 1. The Morgan fingerprint density at radius 3 is 2.70 bits per heavy atom. The summed E-state index contributed by atoms with van der Waals surface area (Å²) in [5.41, 5.74) is 0.646. The van der Waals surface area contributed by atoms with Crippen molar-refractivity contribution in [3.05, 3.63) is 29.8 Å². The molecule has 1 aromatic rings. The average Bonchev–Trinajstić information content (AvgIpc) is 2.42. The summed E-state index contributed by atoms with van der Waals surface area (Å²) in [6.07, 6.45) is 2.73. The van der Waals surface area contributed by atoms with Gasteiger partial charge in [0.25, 0.3) is 5.91 Å². The Labute approximate surface area is 121 Å². The van der Waals surface area contributed by atoms with Crippen LogP contribution in [0.3, 0.4) is 0 Å². The summed E-state index contributed by atoms with van der Waals surface area (Å²) in [5, 5.41) is 8.73. The lowest BCUT2D eigenvalue weighted by Gasteiger charge is -2.18. The first-order valence-electron chi connectivity index (χ1n) is 7.17. The van der Waals surface area contributed by atoms with E-state index in [0.29, 0.717) is 12.1 Å². The van der Waals surface area contributed by atoms with Crippen LogP contribution in [0.5, 0.6) is 5.75 Å². The molecule has 1 rings (SSSR count). The molecule has 4 nitrogen and oxygen atoms in total. The van der Waals surface area contributed by atoms with Gasteiger partial charge in [0.15, 0.2) is 0 Å². The SMILES string of the molecule is CC(C)Oc1cccc(C(=O)N(C)CCCCCO)c1. The summed E-state index contributed by atoms with van der Waals surface area (Å²) < 4.78 is 5.60. The van der Waals surface area contributed by atoms with E-state index in [0.717, 1.165) is 25.0 Å². The number of unbranched alkanes of at least 4 members (excludes halogenated alkanes) is 2. The van der Waals surface area contributed by atoms with Gasteiger partial charge in [-0.1, -0.05) is 6.07 Å². The van der Waals surface area contributed by atoms with Gasteiger partial charge in [-0.05, 0) is 51.3 Å². The van der Waals surface area contributed by atoms with Gasteiger partial charge in [-0.15, -0.1) is 0 Å². The molecule has 0 aromatic heterocycles. The van der Waals surface area contributed by atoms with E-state index in [2.05, 4.69) is 0 Å². The maximum absolute atomic E-state index is 12.3. The molecule has 0 bridgehead atoms. The topological polar surface area (TPSA) is 49.8 Å². The lowest BCUT2D eigenvalue weighted by molar-refractivity contribution is 0.0791. The Bertz CT molecular complexity index is 418. The zero-order valence-corrected chi connectivity index (χ0v) is 12.6. The number of carbonyl (C=O) groups excluding carboxylic acids is 1. The summed E-state index contributed by atoms with van der Waals surface area (Å²) in [6.45, 7) is 4.84. The predicted molar refractivity (Wildman–Crippen MR) is 80.1 cm³/mol. The fraction of sp³-hybridized carbons (Fsp3) is 0.562. The van der Waals surface area contributed by atoms with Crippen LogP contribution in [0.4, 0.5) is 0 Å². The predicted octanol–water partition coefficient (Wildman–Crippen LogP) is 2.71. The summed E-state index contributed by atoms with van der Waals surface area (Å²) in [7, 11) is 1.80. The quantitative estimate of drug-likeness (QED) is 0.744. The fourth-order valence-electron chi connectivity index (χ4n) is 1.93. The van der Waals surface area contributed by atoms with Crippen LogP contribution in [0.15, 0.2) is 24.3 Å². The Kier molecular flexibility index (Phi) is 7.09. The number of benzene rings is 1. The van der Waals surface area contributed by atoms with Crippen molar-refractivity contribution in [2.24, 2.45) is 0 Å². The molecule has 0 heterocycles. The average molecular weight is 279 g/mol. The molecular weight excluding hydrogens is 254 g/mol. The molecule has 0 radical (unpaired) electrons. The van der Waals surface area contributed by atoms with Crippen molar-refractivity contribution in [1.29, 1.82) is 0 Å². The highest BCUT2D eigenvalue weighted by Crippen LogP contribution is 2.16. The van der Waals surface area contributed by atoms with E-state index >= 15 is 0 Å². The first-order valence-corrected chi connectivity index (χ1v) is 7.17. The van der Waals surface area contributed by atoms with E-state index in [9.17, 15) is 4.79 Å². The number of hydrogen-bond acceptors (Lipinski definition) is 3. The van der Waals surface area contributed by atoms with Gasteiger partial charge >= 0.3 is 0 Å². The molecule has 1 amide bonds. The molecule has 1 N–H and O–H groups in total. The molecule has 0 saturated heterocycles. The van der Waals surface area contributed by atoms with Crippen LogP contribution < -0.4 is 4.74 Å². The molecule has 0 aliphatic rings. The molecule has 20 heavy (non-hydrogen) atoms. The van der Waals surface area contributed by atoms with E-state index in [-0.39, 0.29) is 18.6 Å². The highest BCUT2D eigenvalue weighted by atomic mass is 16.5. The van der Waals surface area contributed by atoms with E-state index in [1.165, 1.54) is 0 Å². The number of ether oxygens (including phenoxy) is 1. The lowest BCUT2D eigenvalue weighted by Crippen LogP contribution is -2.27. The number of aliphatic hydroxyl groups is 1. The maximum atomic E-state index is 12.3. The van der Waals surface area contributed by atoms with Crippen LogP contribution in [0, 0.1) is 0 Å².